The highest BCUT2D eigenvalue weighted by Crippen LogP contribution is 2.19. The lowest BCUT2D eigenvalue weighted by molar-refractivity contribution is 0.0596. The van der Waals surface area contributed by atoms with Crippen LogP contribution in [0.4, 0.5) is 0 Å². The summed E-state index contributed by atoms with van der Waals surface area (Å²) in [6, 6.07) is 6.89. The van der Waals surface area contributed by atoms with Crippen LogP contribution in [-0.2, 0) is 13.8 Å². The van der Waals surface area contributed by atoms with Gasteiger partial charge < -0.3 is 9.47 Å². The topological polar surface area (TPSA) is 69.7 Å². The van der Waals surface area contributed by atoms with E-state index in [4.69, 9.17) is 15.4 Å². The van der Waals surface area contributed by atoms with Crippen LogP contribution in [0.15, 0.2) is 24.3 Å². The number of hydrogen-bond donors (Lipinski definition) is 0. The van der Waals surface area contributed by atoms with Gasteiger partial charge in [-0.2, -0.15) is 0 Å². The van der Waals surface area contributed by atoms with Crippen molar-refractivity contribution in [2.45, 2.75) is 25.7 Å². The molecular formula is C14H19ClO5S. The van der Waals surface area contributed by atoms with Gasteiger partial charge in [-0.25, -0.2) is 13.2 Å². The first kappa shape index (κ1) is 17.8. The Kier molecular flexibility index (Phi) is 7.53. The zero-order valence-corrected chi connectivity index (χ0v) is 13.5. The molecule has 0 saturated carbocycles. The molecular weight excluding hydrogens is 316 g/mol. The first-order valence-electron chi connectivity index (χ1n) is 6.66. The molecule has 0 heterocycles. The van der Waals surface area contributed by atoms with Crippen LogP contribution in [0.25, 0.3) is 0 Å². The summed E-state index contributed by atoms with van der Waals surface area (Å²) in [5, 5.41) is 0. The number of carbonyl (C=O) groups is 1. The number of esters is 1. The van der Waals surface area contributed by atoms with Gasteiger partial charge in [0.2, 0.25) is 9.05 Å². The van der Waals surface area contributed by atoms with Crippen molar-refractivity contribution in [1.82, 2.24) is 0 Å². The van der Waals surface area contributed by atoms with Crippen molar-refractivity contribution >= 4 is 25.7 Å². The molecule has 21 heavy (non-hydrogen) atoms. The summed E-state index contributed by atoms with van der Waals surface area (Å²) in [7, 11) is 3.05. The fourth-order valence-corrected chi connectivity index (χ4v) is 2.66. The number of halogens is 1. The predicted octanol–water partition coefficient (Wildman–Crippen LogP) is 2.98. The number of carbonyl (C=O) groups excluding carboxylic acids is 1. The number of methoxy groups -OCH3 is 1. The Labute approximate surface area is 129 Å². The molecule has 0 aliphatic heterocycles. The average molecular weight is 335 g/mol. The standard InChI is InChI=1S/C14H19ClO5S/c1-19-14(16)12-8-4-5-9-13(12)20-10-6-2-3-7-11-21(15,17)18/h4-5,8-9H,2-3,6-7,10-11H2,1H3. The van der Waals surface area contributed by atoms with Crippen molar-refractivity contribution in [2.24, 2.45) is 0 Å². The van der Waals surface area contributed by atoms with Gasteiger partial charge in [0.15, 0.2) is 0 Å². The van der Waals surface area contributed by atoms with Crippen LogP contribution in [0.5, 0.6) is 5.75 Å². The highest BCUT2D eigenvalue weighted by molar-refractivity contribution is 8.13. The summed E-state index contributed by atoms with van der Waals surface area (Å²) in [6.07, 6.45) is 2.93. The molecule has 0 saturated heterocycles. The second-order valence-corrected chi connectivity index (χ2v) is 7.39. The Morgan fingerprint density at radius 2 is 1.81 bits per heavy atom. The molecule has 0 unspecified atom stereocenters. The van der Waals surface area contributed by atoms with Crippen LogP contribution in [0.3, 0.4) is 0 Å². The minimum Gasteiger partial charge on any atom is -0.493 e. The van der Waals surface area contributed by atoms with E-state index in [-0.39, 0.29) is 5.75 Å². The third-order valence-corrected chi connectivity index (χ3v) is 4.07. The molecule has 0 aromatic heterocycles. The van der Waals surface area contributed by atoms with Crippen LogP contribution in [-0.4, -0.2) is 33.9 Å². The lowest BCUT2D eigenvalue weighted by Gasteiger charge is -2.09. The molecule has 7 heteroatoms. The first-order chi connectivity index (χ1) is 9.94. The smallest absolute Gasteiger partial charge is 0.341 e. The summed E-state index contributed by atoms with van der Waals surface area (Å²) < 4.78 is 31.7. The molecule has 0 spiro atoms. The molecule has 0 amide bonds. The summed E-state index contributed by atoms with van der Waals surface area (Å²) >= 11 is 0. The molecule has 5 nitrogen and oxygen atoms in total. The average Bonchev–Trinajstić information content (AvgIpc) is 2.44. The summed E-state index contributed by atoms with van der Waals surface area (Å²) in [5.74, 6) is 0.0613. The highest BCUT2D eigenvalue weighted by atomic mass is 35.7. The molecule has 0 aliphatic carbocycles. The van der Waals surface area contributed by atoms with Crippen LogP contribution >= 0.6 is 10.7 Å². The van der Waals surface area contributed by atoms with Crippen LogP contribution < -0.4 is 4.74 Å². The van der Waals surface area contributed by atoms with Crippen molar-refractivity contribution in [2.75, 3.05) is 19.5 Å². The molecule has 0 N–H and O–H groups in total. The number of benzene rings is 1. The van der Waals surface area contributed by atoms with E-state index in [9.17, 15) is 13.2 Å². The quantitative estimate of drug-likeness (QED) is 0.394. The first-order valence-corrected chi connectivity index (χ1v) is 9.14. The number of para-hydroxylation sites is 1. The van der Waals surface area contributed by atoms with Crippen LogP contribution in [0, 0.1) is 0 Å². The lowest BCUT2D eigenvalue weighted by atomic mass is 10.2. The monoisotopic (exact) mass is 334 g/mol. The third kappa shape index (κ3) is 7.34. The molecule has 0 fully saturated rings. The largest absolute Gasteiger partial charge is 0.493 e. The van der Waals surface area contributed by atoms with Gasteiger partial charge in [-0.05, 0) is 25.0 Å². The maximum absolute atomic E-state index is 11.5. The van der Waals surface area contributed by atoms with Crippen molar-refractivity contribution in [3.05, 3.63) is 29.8 Å². The van der Waals surface area contributed by atoms with Crippen LogP contribution in [0.1, 0.15) is 36.0 Å². The predicted molar refractivity (Wildman–Crippen MR) is 81.4 cm³/mol. The Bertz CT molecular complexity index is 556. The normalized spacial score (nSPS) is 11.1. The van der Waals surface area contributed by atoms with E-state index in [1.807, 2.05) is 0 Å². The van der Waals surface area contributed by atoms with Crippen molar-refractivity contribution in [1.29, 1.82) is 0 Å². The third-order valence-electron chi connectivity index (χ3n) is 2.83. The van der Waals surface area contributed by atoms with Gasteiger partial charge in [0.1, 0.15) is 11.3 Å². The zero-order valence-electron chi connectivity index (χ0n) is 11.9. The van der Waals surface area contributed by atoms with E-state index in [1.165, 1.54) is 7.11 Å². The van der Waals surface area contributed by atoms with E-state index in [0.29, 0.717) is 24.3 Å². The van der Waals surface area contributed by atoms with Gasteiger partial charge in [0.05, 0.1) is 19.5 Å². The minimum atomic E-state index is -3.39. The number of rotatable bonds is 9. The van der Waals surface area contributed by atoms with Crippen molar-refractivity contribution in [3.63, 3.8) is 0 Å². The second kappa shape index (κ2) is 8.89. The Balaban J connectivity index is 2.29. The highest BCUT2D eigenvalue weighted by Gasteiger charge is 2.11. The van der Waals surface area contributed by atoms with Gasteiger partial charge in [0.25, 0.3) is 0 Å². The Morgan fingerprint density at radius 3 is 2.48 bits per heavy atom. The summed E-state index contributed by atoms with van der Waals surface area (Å²) in [4.78, 5) is 11.5. The summed E-state index contributed by atoms with van der Waals surface area (Å²) in [5.41, 5.74) is 0.397. The number of unbranched alkanes of at least 4 members (excludes halogenated alkanes) is 3. The molecule has 0 aliphatic rings. The Hall–Kier alpha value is -1.27. The number of ether oxygens (including phenoxy) is 2. The maximum atomic E-state index is 11.5. The van der Waals surface area contributed by atoms with Gasteiger partial charge in [-0.15, -0.1) is 0 Å². The lowest BCUT2D eigenvalue weighted by Crippen LogP contribution is -2.06. The minimum absolute atomic E-state index is 0.000582. The Morgan fingerprint density at radius 1 is 1.14 bits per heavy atom. The SMILES string of the molecule is COC(=O)c1ccccc1OCCCCCCS(=O)(=O)Cl. The van der Waals surface area contributed by atoms with Crippen molar-refractivity contribution < 1.29 is 22.7 Å². The van der Waals surface area contributed by atoms with E-state index in [0.717, 1.165) is 19.3 Å². The van der Waals surface area contributed by atoms with Gasteiger partial charge in [-0.3, -0.25) is 0 Å². The maximum Gasteiger partial charge on any atom is 0.341 e. The molecule has 0 bridgehead atoms. The van der Waals surface area contributed by atoms with E-state index >= 15 is 0 Å². The summed E-state index contributed by atoms with van der Waals surface area (Å²) in [6.45, 7) is 0.460. The molecule has 0 radical (unpaired) electrons. The molecule has 1 aromatic rings. The fraction of sp³-hybridized carbons (Fsp3) is 0.500. The zero-order chi connectivity index (χ0) is 15.7. The van der Waals surface area contributed by atoms with Gasteiger partial charge in [-0.1, -0.05) is 25.0 Å². The van der Waals surface area contributed by atoms with Gasteiger partial charge in [0, 0.05) is 10.7 Å². The van der Waals surface area contributed by atoms with E-state index in [1.54, 1.807) is 24.3 Å². The number of hydrogen-bond acceptors (Lipinski definition) is 5. The van der Waals surface area contributed by atoms with Crippen molar-refractivity contribution in [3.8, 4) is 5.75 Å². The molecule has 118 valence electrons. The van der Waals surface area contributed by atoms with Gasteiger partial charge >= 0.3 is 5.97 Å². The fourth-order valence-electron chi connectivity index (χ4n) is 1.78. The van der Waals surface area contributed by atoms with Crippen LogP contribution in [0.2, 0.25) is 0 Å². The molecule has 1 rings (SSSR count). The molecule has 0 atom stereocenters. The molecule has 1 aromatic carbocycles. The van der Waals surface area contributed by atoms with E-state index < -0.39 is 15.0 Å². The van der Waals surface area contributed by atoms with E-state index in [2.05, 4.69) is 4.74 Å². The second-order valence-electron chi connectivity index (χ2n) is 4.49.